The van der Waals surface area contributed by atoms with E-state index in [4.69, 9.17) is 0 Å². The highest BCUT2D eigenvalue weighted by Crippen LogP contribution is 2.42. The molecule has 0 radical (unpaired) electrons. The van der Waals surface area contributed by atoms with Gasteiger partial charge in [-0.3, -0.25) is 4.79 Å². The molecule has 0 aliphatic carbocycles. The van der Waals surface area contributed by atoms with Crippen molar-refractivity contribution in [2.75, 3.05) is 18.4 Å². The van der Waals surface area contributed by atoms with E-state index in [2.05, 4.69) is 14.8 Å². The minimum atomic E-state index is -3.73. The van der Waals surface area contributed by atoms with Crippen LogP contribution in [0.4, 0.5) is 14.5 Å². The van der Waals surface area contributed by atoms with Crippen LogP contribution >= 0.6 is 0 Å². The molecule has 2 heterocycles. The molecule has 148 valence electrons. The zero-order chi connectivity index (χ0) is 19.9. The predicted molar refractivity (Wildman–Crippen MR) is 95.0 cm³/mol. The largest absolute Gasteiger partial charge is 0.586 e. The summed E-state index contributed by atoms with van der Waals surface area (Å²) in [4.78, 5) is 12.5. The molecule has 2 aliphatic rings. The average Bonchev–Trinajstić information content (AvgIpc) is 3.28. The van der Waals surface area contributed by atoms with E-state index in [0.29, 0.717) is 13.1 Å². The number of nitrogens with one attached hydrogen (secondary N) is 1. The van der Waals surface area contributed by atoms with Gasteiger partial charge in [-0.05, 0) is 49.2 Å². The van der Waals surface area contributed by atoms with Crippen molar-refractivity contribution in [3.05, 3.63) is 48.0 Å². The Labute approximate surface area is 159 Å². The number of ether oxygens (including phenoxy) is 2. The maximum absolute atomic E-state index is 13.1. The number of hydrogen-bond donors (Lipinski definition) is 1. The molecule has 0 saturated carbocycles. The summed E-state index contributed by atoms with van der Waals surface area (Å²) >= 11 is 0. The first-order valence-corrected chi connectivity index (χ1v) is 10.0. The summed E-state index contributed by atoms with van der Waals surface area (Å²) in [6.07, 6.45) is -2.07. The Morgan fingerprint density at radius 2 is 1.64 bits per heavy atom. The molecule has 2 aromatic carbocycles. The SMILES string of the molecule is O=C(Nc1ccc2c(c1)OC(F)(F)O2)c1ccc(S(=O)(=O)N2CCCC2)cc1. The molecule has 4 rings (SSSR count). The van der Waals surface area contributed by atoms with E-state index >= 15 is 0 Å². The van der Waals surface area contributed by atoms with Crippen LogP contribution in [0.3, 0.4) is 0 Å². The van der Waals surface area contributed by atoms with E-state index in [9.17, 15) is 22.0 Å². The van der Waals surface area contributed by atoms with Gasteiger partial charge in [0, 0.05) is 30.4 Å². The molecule has 2 aliphatic heterocycles. The van der Waals surface area contributed by atoms with Crippen LogP contribution in [-0.2, 0) is 10.0 Å². The molecule has 0 spiro atoms. The molecule has 1 N–H and O–H groups in total. The number of nitrogens with zero attached hydrogens (tertiary/aromatic N) is 1. The van der Waals surface area contributed by atoms with E-state index in [1.807, 2.05) is 0 Å². The molecule has 1 saturated heterocycles. The van der Waals surface area contributed by atoms with Crippen molar-refractivity contribution in [1.29, 1.82) is 0 Å². The van der Waals surface area contributed by atoms with Gasteiger partial charge in [0.25, 0.3) is 5.91 Å². The molecule has 1 fully saturated rings. The summed E-state index contributed by atoms with van der Waals surface area (Å²) in [6, 6.07) is 9.44. The van der Waals surface area contributed by atoms with Gasteiger partial charge in [-0.15, -0.1) is 8.78 Å². The van der Waals surface area contributed by atoms with E-state index < -0.39 is 22.2 Å². The topological polar surface area (TPSA) is 84.9 Å². The van der Waals surface area contributed by atoms with E-state index in [-0.39, 0.29) is 27.6 Å². The minimum Gasteiger partial charge on any atom is -0.395 e. The number of fused-ring (bicyclic) bond motifs is 1. The van der Waals surface area contributed by atoms with Gasteiger partial charge in [-0.1, -0.05) is 0 Å². The van der Waals surface area contributed by atoms with E-state index in [1.54, 1.807) is 0 Å². The Kier molecular flexibility index (Phi) is 4.47. The fourth-order valence-corrected chi connectivity index (χ4v) is 4.60. The summed E-state index contributed by atoms with van der Waals surface area (Å²) in [5.74, 6) is -0.829. The van der Waals surface area contributed by atoms with E-state index in [0.717, 1.165) is 12.8 Å². The van der Waals surface area contributed by atoms with Crippen molar-refractivity contribution in [2.24, 2.45) is 0 Å². The highest BCUT2D eigenvalue weighted by atomic mass is 32.2. The first-order chi connectivity index (χ1) is 13.2. The van der Waals surface area contributed by atoms with E-state index in [1.165, 1.54) is 46.8 Å². The van der Waals surface area contributed by atoms with Gasteiger partial charge >= 0.3 is 6.29 Å². The molecule has 2 aromatic rings. The Hall–Kier alpha value is -2.72. The summed E-state index contributed by atoms with van der Waals surface area (Å²) in [7, 11) is -3.56. The standard InChI is InChI=1S/C18H16F2N2O5S/c19-18(20)26-15-8-5-13(11-16(15)27-18)21-17(23)12-3-6-14(7-4-12)28(24,25)22-9-1-2-10-22/h3-8,11H,1-2,9-10H2,(H,21,23). The molecular formula is C18H16F2N2O5S. The lowest BCUT2D eigenvalue weighted by molar-refractivity contribution is -0.286. The monoisotopic (exact) mass is 410 g/mol. The van der Waals surface area contributed by atoms with Crippen molar-refractivity contribution in [1.82, 2.24) is 4.31 Å². The molecule has 28 heavy (non-hydrogen) atoms. The maximum atomic E-state index is 13.1. The number of hydrogen-bond acceptors (Lipinski definition) is 5. The van der Waals surface area contributed by atoms with Crippen LogP contribution in [0.15, 0.2) is 47.4 Å². The summed E-state index contributed by atoms with van der Waals surface area (Å²) in [6.45, 7) is 0.988. The summed E-state index contributed by atoms with van der Waals surface area (Å²) in [5.41, 5.74) is 0.460. The number of alkyl halides is 2. The number of sulfonamides is 1. The van der Waals surface area contributed by atoms with Crippen molar-refractivity contribution >= 4 is 21.6 Å². The van der Waals surface area contributed by atoms with Gasteiger partial charge in [-0.2, -0.15) is 4.31 Å². The van der Waals surface area contributed by atoms with Gasteiger partial charge in [-0.25, -0.2) is 8.42 Å². The normalized spacial score (nSPS) is 18.2. The number of halogens is 2. The highest BCUT2D eigenvalue weighted by Gasteiger charge is 2.43. The predicted octanol–water partition coefficient (Wildman–Crippen LogP) is 3.04. The fraction of sp³-hybridized carbons (Fsp3) is 0.278. The van der Waals surface area contributed by atoms with Crippen molar-refractivity contribution in [3.63, 3.8) is 0 Å². The zero-order valence-electron chi connectivity index (χ0n) is 14.5. The number of carbonyl (C=O) groups is 1. The lowest BCUT2D eigenvalue weighted by Gasteiger charge is -2.15. The number of rotatable bonds is 4. The molecule has 1 amide bonds. The van der Waals surface area contributed by atoms with Gasteiger partial charge < -0.3 is 14.8 Å². The third-order valence-electron chi connectivity index (χ3n) is 4.48. The number of amides is 1. The first-order valence-electron chi connectivity index (χ1n) is 8.56. The van der Waals surface area contributed by atoms with Gasteiger partial charge in [0.1, 0.15) is 0 Å². The highest BCUT2D eigenvalue weighted by molar-refractivity contribution is 7.89. The van der Waals surface area contributed by atoms with Crippen LogP contribution in [0.2, 0.25) is 0 Å². The van der Waals surface area contributed by atoms with Crippen LogP contribution in [0.1, 0.15) is 23.2 Å². The van der Waals surface area contributed by atoms with Crippen LogP contribution in [-0.4, -0.2) is 38.0 Å². The number of benzene rings is 2. The molecule has 0 aromatic heterocycles. The quantitative estimate of drug-likeness (QED) is 0.838. The second-order valence-corrected chi connectivity index (χ2v) is 8.36. The number of anilines is 1. The average molecular weight is 410 g/mol. The van der Waals surface area contributed by atoms with Crippen LogP contribution in [0.25, 0.3) is 0 Å². The number of carbonyl (C=O) groups excluding carboxylic acids is 1. The smallest absolute Gasteiger partial charge is 0.395 e. The van der Waals surface area contributed by atoms with Gasteiger partial charge in [0.05, 0.1) is 4.90 Å². The third-order valence-corrected chi connectivity index (χ3v) is 6.39. The Balaban J connectivity index is 1.48. The van der Waals surface area contributed by atoms with Crippen LogP contribution in [0.5, 0.6) is 11.5 Å². The lowest BCUT2D eigenvalue weighted by Crippen LogP contribution is -2.27. The molecule has 0 unspecified atom stereocenters. The Morgan fingerprint density at radius 3 is 2.32 bits per heavy atom. The fourth-order valence-electron chi connectivity index (χ4n) is 3.09. The first kappa shape index (κ1) is 18.6. The molecule has 0 bridgehead atoms. The summed E-state index contributed by atoms with van der Waals surface area (Å²) in [5, 5.41) is 2.55. The van der Waals surface area contributed by atoms with Crippen molar-refractivity contribution in [2.45, 2.75) is 24.0 Å². The Bertz CT molecular complexity index is 1020. The minimum absolute atomic E-state index is 0.122. The molecule has 10 heteroatoms. The van der Waals surface area contributed by atoms with Gasteiger partial charge in [0.2, 0.25) is 10.0 Å². The maximum Gasteiger partial charge on any atom is 0.586 e. The third kappa shape index (κ3) is 3.52. The molecule has 7 nitrogen and oxygen atoms in total. The summed E-state index contributed by atoms with van der Waals surface area (Å²) < 4.78 is 61.2. The van der Waals surface area contributed by atoms with Gasteiger partial charge in [0.15, 0.2) is 11.5 Å². The van der Waals surface area contributed by atoms with Crippen LogP contribution < -0.4 is 14.8 Å². The van der Waals surface area contributed by atoms with Crippen molar-refractivity contribution in [3.8, 4) is 11.5 Å². The Morgan fingerprint density at radius 1 is 1.00 bits per heavy atom. The second kappa shape index (κ2) is 6.71. The lowest BCUT2D eigenvalue weighted by atomic mass is 10.2. The second-order valence-electron chi connectivity index (χ2n) is 6.42. The molecule has 0 atom stereocenters. The van der Waals surface area contributed by atoms with Crippen molar-refractivity contribution < 1.29 is 31.5 Å². The van der Waals surface area contributed by atoms with Crippen LogP contribution in [0, 0.1) is 0 Å². The molecular weight excluding hydrogens is 394 g/mol. The zero-order valence-corrected chi connectivity index (χ0v) is 15.3.